The van der Waals surface area contributed by atoms with Crippen molar-refractivity contribution in [1.82, 2.24) is 15.0 Å². The maximum atomic E-state index is 4.46. The topological polar surface area (TPSA) is 41.6 Å². The number of nitrogens with one attached hydrogen (secondary N) is 1. The van der Waals surface area contributed by atoms with Crippen LogP contribution < -0.4 is 0 Å². The average Bonchev–Trinajstić information content (AvgIpc) is 2.86. The second-order valence-electron chi connectivity index (χ2n) is 3.39. The van der Waals surface area contributed by atoms with E-state index >= 15 is 0 Å². The molecular formula is C11H9N3S. The minimum absolute atomic E-state index is 0.790. The third kappa shape index (κ3) is 1.34. The number of aromatic amines is 1. The molecule has 3 aromatic heterocycles. The number of rotatable bonds is 1. The van der Waals surface area contributed by atoms with Crippen LogP contribution in [0.2, 0.25) is 0 Å². The van der Waals surface area contributed by atoms with Gasteiger partial charge in [-0.05, 0) is 30.0 Å². The predicted molar refractivity (Wildman–Crippen MR) is 61.9 cm³/mol. The number of nitrogens with zero attached hydrogens (tertiary/aromatic N) is 2. The van der Waals surface area contributed by atoms with Gasteiger partial charge in [0.25, 0.3) is 0 Å². The fourth-order valence-corrected chi connectivity index (χ4v) is 2.23. The van der Waals surface area contributed by atoms with Gasteiger partial charge < -0.3 is 4.98 Å². The van der Waals surface area contributed by atoms with E-state index in [1.807, 2.05) is 17.5 Å². The van der Waals surface area contributed by atoms with Crippen LogP contribution in [0.1, 0.15) is 5.56 Å². The van der Waals surface area contributed by atoms with E-state index in [-0.39, 0.29) is 0 Å². The number of hydrogen-bond donors (Lipinski definition) is 1. The van der Waals surface area contributed by atoms with E-state index in [1.54, 1.807) is 17.5 Å². The number of fused-ring (bicyclic) bond motifs is 1. The van der Waals surface area contributed by atoms with E-state index in [2.05, 4.69) is 27.9 Å². The quantitative estimate of drug-likeness (QED) is 0.678. The van der Waals surface area contributed by atoms with Crippen molar-refractivity contribution in [2.75, 3.05) is 0 Å². The van der Waals surface area contributed by atoms with Crippen LogP contribution in [-0.2, 0) is 0 Å². The van der Waals surface area contributed by atoms with E-state index in [1.165, 1.54) is 5.56 Å². The summed E-state index contributed by atoms with van der Waals surface area (Å²) in [7, 11) is 0. The van der Waals surface area contributed by atoms with Crippen LogP contribution in [0, 0.1) is 6.92 Å². The zero-order valence-electron chi connectivity index (χ0n) is 8.19. The van der Waals surface area contributed by atoms with E-state index in [0.29, 0.717) is 0 Å². The largest absolute Gasteiger partial charge is 0.336 e. The van der Waals surface area contributed by atoms with Gasteiger partial charge in [0.15, 0.2) is 11.5 Å². The molecule has 0 aromatic carbocycles. The van der Waals surface area contributed by atoms with Gasteiger partial charge in [0.2, 0.25) is 0 Å². The van der Waals surface area contributed by atoms with Crippen LogP contribution in [0.5, 0.6) is 0 Å². The Morgan fingerprint density at radius 3 is 3.00 bits per heavy atom. The highest BCUT2D eigenvalue weighted by Crippen LogP contribution is 2.24. The van der Waals surface area contributed by atoms with Crippen molar-refractivity contribution in [1.29, 1.82) is 0 Å². The lowest BCUT2D eigenvalue weighted by Gasteiger charge is -1.90. The van der Waals surface area contributed by atoms with Crippen LogP contribution in [0.25, 0.3) is 21.9 Å². The van der Waals surface area contributed by atoms with Gasteiger partial charge in [-0.2, -0.15) is 0 Å². The van der Waals surface area contributed by atoms with Crippen LogP contribution >= 0.6 is 11.3 Å². The number of hydrogen-bond acceptors (Lipinski definition) is 3. The molecule has 3 aromatic rings. The van der Waals surface area contributed by atoms with E-state index < -0.39 is 0 Å². The molecule has 0 radical (unpaired) electrons. The molecule has 0 spiro atoms. The zero-order chi connectivity index (χ0) is 10.3. The zero-order valence-corrected chi connectivity index (χ0v) is 9.01. The fourth-order valence-electron chi connectivity index (χ4n) is 1.57. The van der Waals surface area contributed by atoms with Crippen LogP contribution in [-0.4, -0.2) is 15.0 Å². The normalized spacial score (nSPS) is 11.0. The van der Waals surface area contributed by atoms with Crippen molar-refractivity contribution in [3.8, 4) is 10.7 Å². The summed E-state index contributed by atoms with van der Waals surface area (Å²) < 4.78 is 0. The lowest BCUT2D eigenvalue weighted by Crippen LogP contribution is -1.78. The number of H-pyrrole nitrogens is 1. The standard InChI is InChI=1S/C11H9N3S/c1-7-4-5-12-11-9(7)13-10(14-11)8-3-2-6-15-8/h2-6H,1H3,(H,12,13,14). The Bertz CT molecular complexity index is 595. The molecule has 4 heteroatoms. The Kier molecular flexibility index (Phi) is 1.82. The van der Waals surface area contributed by atoms with Gasteiger partial charge in [-0.3, -0.25) is 0 Å². The van der Waals surface area contributed by atoms with Gasteiger partial charge in [0, 0.05) is 6.20 Å². The maximum Gasteiger partial charge on any atom is 0.178 e. The molecule has 3 heterocycles. The van der Waals surface area contributed by atoms with E-state index in [0.717, 1.165) is 21.9 Å². The number of aromatic nitrogens is 3. The Morgan fingerprint density at radius 2 is 2.27 bits per heavy atom. The third-order valence-electron chi connectivity index (χ3n) is 2.35. The van der Waals surface area contributed by atoms with Crippen molar-refractivity contribution < 1.29 is 0 Å². The SMILES string of the molecule is Cc1ccnc2nc(-c3cccs3)[nH]c12. The molecule has 0 unspecified atom stereocenters. The summed E-state index contributed by atoms with van der Waals surface area (Å²) in [5.41, 5.74) is 3.00. The Labute approximate surface area is 90.8 Å². The minimum Gasteiger partial charge on any atom is -0.336 e. The lowest BCUT2D eigenvalue weighted by molar-refractivity contribution is 1.31. The summed E-state index contributed by atoms with van der Waals surface area (Å²) in [6.45, 7) is 2.06. The van der Waals surface area contributed by atoms with Gasteiger partial charge in [-0.15, -0.1) is 11.3 Å². The molecule has 1 N–H and O–H groups in total. The molecule has 0 aliphatic carbocycles. The molecule has 0 amide bonds. The summed E-state index contributed by atoms with van der Waals surface area (Å²) in [4.78, 5) is 13.1. The van der Waals surface area contributed by atoms with Gasteiger partial charge in [0.05, 0.1) is 10.4 Å². The molecule has 0 saturated heterocycles. The first-order chi connectivity index (χ1) is 7.34. The summed E-state index contributed by atoms with van der Waals surface area (Å²) in [6.07, 6.45) is 1.79. The maximum absolute atomic E-state index is 4.46. The number of imidazole rings is 1. The first-order valence-electron chi connectivity index (χ1n) is 4.70. The summed E-state index contributed by atoms with van der Waals surface area (Å²) in [5, 5.41) is 2.04. The lowest BCUT2D eigenvalue weighted by atomic mass is 10.3. The Hall–Kier alpha value is -1.68. The minimum atomic E-state index is 0.790. The molecule has 0 aliphatic rings. The van der Waals surface area contributed by atoms with E-state index in [4.69, 9.17) is 0 Å². The molecule has 0 aliphatic heterocycles. The average molecular weight is 215 g/mol. The van der Waals surface area contributed by atoms with Crippen molar-refractivity contribution >= 4 is 22.5 Å². The van der Waals surface area contributed by atoms with Crippen molar-refractivity contribution in [2.45, 2.75) is 6.92 Å². The van der Waals surface area contributed by atoms with Gasteiger partial charge in [-0.25, -0.2) is 9.97 Å². The van der Waals surface area contributed by atoms with Crippen molar-refractivity contribution in [3.05, 3.63) is 35.3 Å². The second kappa shape index (κ2) is 3.17. The summed E-state index contributed by atoms with van der Waals surface area (Å²) >= 11 is 1.68. The molecule has 74 valence electrons. The molecule has 0 fully saturated rings. The molecular weight excluding hydrogens is 206 g/mol. The number of pyridine rings is 1. The second-order valence-corrected chi connectivity index (χ2v) is 4.34. The monoisotopic (exact) mass is 215 g/mol. The Morgan fingerprint density at radius 1 is 1.33 bits per heavy atom. The smallest absolute Gasteiger partial charge is 0.178 e. The number of thiophene rings is 1. The van der Waals surface area contributed by atoms with Gasteiger partial charge in [0.1, 0.15) is 0 Å². The predicted octanol–water partition coefficient (Wildman–Crippen LogP) is 2.99. The molecule has 0 atom stereocenters. The van der Waals surface area contributed by atoms with Gasteiger partial charge >= 0.3 is 0 Å². The van der Waals surface area contributed by atoms with Crippen LogP contribution in [0.4, 0.5) is 0 Å². The van der Waals surface area contributed by atoms with Gasteiger partial charge in [-0.1, -0.05) is 6.07 Å². The number of aryl methyl sites for hydroxylation is 1. The highest BCUT2D eigenvalue weighted by atomic mass is 32.1. The molecule has 0 saturated carbocycles. The molecule has 15 heavy (non-hydrogen) atoms. The first kappa shape index (κ1) is 8.61. The van der Waals surface area contributed by atoms with Crippen LogP contribution in [0.15, 0.2) is 29.8 Å². The highest BCUT2D eigenvalue weighted by molar-refractivity contribution is 7.13. The van der Waals surface area contributed by atoms with Crippen LogP contribution in [0.3, 0.4) is 0 Å². The van der Waals surface area contributed by atoms with Crippen molar-refractivity contribution in [2.24, 2.45) is 0 Å². The van der Waals surface area contributed by atoms with E-state index in [9.17, 15) is 0 Å². The molecule has 3 nitrogen and oxygen atoms in total. The Balaban J connectivity index is 2.27. The first-order valence-corrected chi connectivity index (χ1v) is 5.58. The third-order valence-corrected chi connectivity index (χ3v) is 3.23. The summed E-state index contributed by atoms with van der Waals surface area (Å²) in [6, 6.07) is 6.06. The molecule has 0 bridgehead atoms. The molecule has 3 rings (SSSR count). The summed E-state index contributed by atoms with van der Waals surface area (Å²) in [5.74, 6) is 0.904. The highest BCUT2D eigenvalue weighted by Gasteiger charge is 2.07. The van der Waals surface area contributed by atoms with Crippen molar-refractivity contribution in [3.63, 3.8) is 0 Å². The fraction of sp³-hybridized carbons (Fsp3) is 0.0909.